The molecule has 1 N–H and O–H groups in total. The molecule has 1 aromatic heterocycles. The number of piperidine rings is 1. The molecule has 1 amide bonds. The van der Waals surface area contributed by atoms with Crippen molar-refractivity contribution in [3.05, 3.63) is 70.8 Å². The summed E-state index contributed by atoms with van der Waals surface area (Å²) in [5.41, 5.74) is 1.32. The number of carbonyl (C=O) groups is 1. The Labute approximate surface area is 230 Å². The summed E-state index contributed by atoms with van der Waals surface area (Å²) in [6.07, 6.45) is -0.257. The molecule has 0 radical (unpaired) electrons. The third kappa shape index (κ3) is 4.09. The normalized spacial score (nSPS) is 21.4. The number of nitrogens with one attached hydrogen (secondary N) is 1. The van der Waals surface area contributed by atoms with Crippen LogP contribution in [0.2, 0.25) is 0 Å². The van der Waals surface area contributed by atoms with Gasteiger partial charge in [0, 0.05) is 54.3 Å². The molecule has 11 heteroatoms. The zero-order valence-electron chi connectivity index (χ0n) is 22.3. The first-order valence-corrected chi connectivity index (χ1v) is 13.7. The van der Waals surface area contributed by atoms with Crippen molar-refractivity contribution >= 4 is 17.3 Å². The maximum atomic E-state index is 14.3. The number of aryl methyl sites for hydroxylation is 1. The molecule has 0 saturated carbocycles. The van der Waals surface area contributed by atoms with Crippen LogP contribution in [0.1, 0.15) is 45.7 Å². The van der Waals surface area contributed by atoms with E-state index in [0.29, 0.717) is 31.0 Å². The van der Waals surface area contributed by atoms with E-state index < -0.39 is 17.6 Å². The Morgan fingerprint density at radius 3 is 2.50 bits per heavy atom. The Hall–Kier alpha value is -3.44. The van der Waals surface area contributed by atoms with Crippen LogP contribution in [0.4, 0.5) is 24.5 Å². The van der Waals surface area contributed by atoms with E-state index in [-0.39, 0.29) is 28.5 Å². The second kappa shape index (κ2) is 9.04. The molecule has 40 heavy (non-hydrogen) atoms. The van der Waals surface area contributed by atoms with E-state index in [0.717, 1.165) is 50.4 Å². The second-order valence-corrected chi connectivity index (χ2v) is 11.9. The molecule has 5 heterocycles. The van der Waals surface area contributed by atoms with Crippen molar-refractivity contribution in [1.29, 1.82) is 0 Å². The van der Waals surface area contributed by atoms with Gasteiger partial charge in [0.05, 0.1) is 25.3 Å². The quantitative estimate of drug-likeness (QED) is 0.521. The van der Waals surface area contributed by atoms with E-state index in [9.17, 15) is 18.0 Å². The lowest BCUT2D eigenvalue weighted by Crippen LogP contribution is -2.60. The van der Waals surface area contributed by atoms with Crippen LogP contribution in [-0.4, -0.2) is 60.1 Å². The molecule has 2 aromatic carbocycles. The minimum Gasteiger partial charge on any atom is -0.379 e. The van der Waals surface area contributed by atoms with Crippen molar-refractivity contribution < 1.29 is 22.7 Å². The summed E-state index contributed by atoms with van der Waals surface area (Å²) in [7, 11) is 1.89. The lowest BCUT2D eigenvalue weighted by atomic mass is 9.72. The minimum atomic E-state index is -4.56. The minimum absolute atomic E-state index is 0.0459. The highest BCUT2D eigenvalue weighted by atomic mass is 19.4. The first-order valence-electron chi connectivity index (χ1n) is 13.7. The van der Waals surface area contributed by atoms with Gasteiger partial charge in [-0.3, -0.25) is 4.79 Å². The predicted octanol–water partition coefficient (Wildman–Crippen LogP) is 3.69. The number of fused-ring (bicyclic) bond motifs is 1. The Kier molecular flexibility index (Phi) is 5.77. The number of ether oxygens (including phenoxy) is 1. The fraction of sp³-hybridized carbons (Fsp3) is 0.483. The fourth-order valence-electron chi connectivity index (χ4n) is 6.75. The molecule has 0 atom stereocenters. The summed E-state index contributed by atoms with van der Waals surface area (Å²) >= 11 is 0. The largest absolute Gasteiger partial charge is 0.416 e. The van der Waals surface area contributed by atoms with Crippen LogP contribution in [-0.2, 0) is 36.3 Å². The average molecular weight is 553 g/mol. The predicted molar refractivity (Wildman–Crippen MR) is 142 cm³/mol. The van der Waals surface area contributed by atoms with E-state index in [4.69, 9.17) is 4.74 Å². The number of hydrogen-bond donors (Lipinski definition) is 1. The van der Waals surface area contributed by atoms with Gasteiger partial charge in [0.25, 0.3) is 5.91 Å². The van der Waals surface area contributed by atoms with Crippen molar-refractivity contribution in [1.82, 2.24) is 20.1 Å². The molecule has 0 bridgehead atoms. The number of aromatic nitrogens is 3. The third-order valence-electron chi connectivity index (χ3n) is 9.24. The number of amides is 1. The highest BCUT2D eigenvalue weighted by Crippen LogP contribution is 2.46. The number of anilines is 2. The van der Waals surface area contributed by atoms with Crippen LogP contribution in [0.25, 0.3) is 0 Å². The number of benzene rings is 2. The van der Waals surface area contributed by atoms with Crippen LogP contribution >= 0.6 is 0 Å². The van der Waals surface area contributed by atoms with Gasteiger partial charge in [-0.05, 0) is 61.3 Å². The van der Waals surface area contributed by atoms with Crippen LogP contribution in [0, 0.1) is 5.41 Å². The highest BCUT2D eigenvalue weighted by molar-refractivity contribution is 6.11. The van der Waals surface area contributed by atoms with E-state index in [1.54, 1.807) is 18.5 Å². The van der Waals surface area contributed by atoms with Gasteiger partial charge in [0.15, 0.2) is 0 Å². The zero-order valence-corrected chi connectivity index (χ0v) is 22.3. The Balaban J connectivity index is 1.19. The summed E-state index contributed by atoms with van der Waals surface area (Å²) in [6.45, 7) is 4.18. The van der Waals surface area contributed by atoms with Gasteiger partial charge in [-0.2, -0.15) is 13.2 Å². The van der Waals surface area contributed by atoms with Gasteiger partial charge in [-0.15, -0.1) is 10.2 Å². The molecule has 1 spiro atoms. The van der Waals surface area contributed by atoms with Gasteiger partial charge < -0.3 is 24.4 Å². The monoisotopic (exact) mass is 552 g/mol. The van der Waals surface area contributed by atoms with Crippen molar-refractivity contribution in [3.8, 4) is 0 Å². The number of hydrogen-bond acceptors (Lipinski definition) is 6. The summed E-state index contributed by atoms with van der Waals surface area (Å²) in [6, 6.07) is 10.4. The van der Waals surface area contributed by atoms with Crippen molar-refractivity contribution in [2.75, 3.05) is 49.2 Å². The van der Waals surface area contributed by atoms with Crippen LogP contribution in [0.15, 0.2) is 42.7 Å². The van der Waals surface area contributed by atoms with E-state index in [2.05, 4.69) is 15.5 Å². The Bertz CT molecular complexity index is 1470. The second-order valence-electron chi connectivity index (χ2n) is 11.9. The maximum Gasteiger partial charge on any atom is 0.416 e. The number of carbonyl (C=O) groups excluding carboxylic acids is 1. The van der Waals surface area contributed by atoms with Crippen LogP contribution in [0.3, 0.4) is 0 Å². The van der Waals surface area contributed by atoms with Gasteiger partial charge in [-0.1, -0.05) is 12.1 Å². The zero-order chi connectivity index (χ0) is 27.7. The topological polar surface area (TPSA) is 75.5 Å². The molecule has 4 aliphatic heterocycles. The van der Waals surface area contributed by atoms with Gasteiger partial charge in [0.1, 0.15) is 12.2 Å². The van der Waals surface area contributed by atoms with E-state index >= 15 is 0 Å². The highest BCUT2D eigenvalue weighted by Gasteiger charge is 2.47. The first kappa shape index (κ1) is 25.5. The summed E-state index contributed by atoms with van der Waals surface area (Å²) < 4.78 is 50.4. The van der Waals surface area contributed by atoms with Gasteiger partial charge >= 0.3 is 6.18 Å². The number of rotatable bonds is 5. The number of nitrogens with zero attached hydrogens (tertiary/aromatic N) is 5. The summed E-state index contributed by atoms with van der Waals surface area (Å²) in [5.74, 6) is 0.418. The molecule has 3 fully saturated rings. The number of alkyl halides is 3. The summed E-state index contributed by atoms with van der Waals surface area (Å²) in [4.78, 5) is 17.1. The lowest BCUT2D eigenvalue weighted by molar-refractivity contribution is -0.138. The molecule has 4 aliphatic rings. The first-order chi connectivity index (χ1) is 19.2. The third-order valence-corrected chi connectivity index (χ3v) is 9.24. The molecule has 7 rings (SSSR count). The van der Waals surface area contributed by atoms with Crippen LogP contribution in [0.5, 0.6) is 0 Å². The summed E-state index contributed by atoms with van der Waals surface area (Å²) in [5, 5.41) is 11.6. The number of halogens is 3. The van der Waals surface area contributed by atoms with Crippen molar-refractivity contribution in [3.63, 3.8) is 0 Å². The molecular weight excluding hydrogens is 521 g/mol. The Morgan fingerprint density at radius 2 is 1.85 bits per heavy atom. The van der Waals surface area contributed by atoms with Crippen molar-refractivity contribution in [2.45, 2.75) is 37.4 Å². The molecule has 3 aromatic rings. The SMILES string of the molecule is Cn1cnnc1CC1(c2cccc(N3Cc4c(cc(N5CC6(CCNCC6)C5)cc4C(F)(F)F)C3=O)c2)COC1. The van der Waals surface area contributed by atoms with Crippen LogP contribution < -0.4 is 15.1 Å². The molecule has 8 nitrogen and oxygen atoms in total. The average Bonchev–Trinajstić information content (AvgIpc) is 3.46. The molecule has 210 valence electrons. The fourth-order valence-corrected chi connectivity index (χ4v) is 6.75. The molecule has 3 saturated heterocycles. The smallest absolute Gasteiger partial charge is 0.379 e. The van der Waals surface area contributed by atoms with E-state index in [1.807, 2.05) is 34.7 Å². The van der Waals surface area contributed by atoms with E-state index in [1.165, 1.54) is 11.0 Å². The molecule has 0 unspecified atom stereocenters. The van der Waals surface area contributed by atoms with Gasteiger partial charge in [0.2, 0.25) is 0 Å². The maximum absolute atomic E-state index is 14.3. The Morgan fingerprint density at radius 1 is 1.07 bits per heavy atom. The molecular formula is C29H31F3N6O2. The standard InChI is InChI=1S/C29H31F3N6O2/c1-36-18-34-35-25(36)12-28(16-40-17-28)19-3-2-4-20(9-19)38-13-23-22(26(38)39)10-21(11-24(23)29(30,31)32)37-14-27(15-37)5-7-33-8-6-27/h2-4,9-11,18,33H,5-8,12-17H2,1H3. The molecule has 0 aliphatic carbocycles. The van der Waals surface area contributed by atoms with Gasteiger partial charge in [-0.25, -0.2) is 0 Å². The van der Waals surface area contributed by atoms with Crippen molar-refractivity contribution in [2.24, 2.45) is 12.5 Å². The lowest BCUT2D eigenvalue weighted by Gasteiger charge is -2.53.